The van der Waals surface area contributed by atoms with Gasteiger partial charge in [-0.05, 0) is 75.2 Å². The first-order valence-electron chi connectivity index (χ1n) is 19.9. The molecule has 8 aromatic carbocycles. The van der Waals surface area contributed by atoms with Gasteiger partial charge in [0, 0.05) is 47.3 Å². The molecule has 1 aliphatic carbocycles. The fraction of sp³-hybridized carbons (Fsp3) is 0.0185. The summed E-state index contributed by atoms with van der Waals surface area (Å²) in [4.78, 5) is 18.5. The monoisotopic (exact) mass is 785 g/mol. The molecular formula is C54H31N3S2. The van der Waals surface area contributed by atoms with Crippen molar-refractivity contribution in [1.82, 2.24) is 15.0 Å². The third kappa shape index (κ3) is 4.68. The predicted molar refractivity (Wildman–Crippen MR) is 245 cm³/mol. The van der Waals surface area contributed by atoms with Crippen LogP contribution in [0.25, 0.3) is 87.0 Å². The van der Waals surface area contributed by atoms with E-state index in [1.807, 2.05) is 30.0 Å². The Bertz CT molecular complexity index is 3510. The third-order valence-electron chi connectivity index (χ3n) is 12.3. The van der Waals surface area contributed by atoms with E-state index < -0.39 is 5.41 Å². The van der Waals surface area contributed by atoms with E-state index in [0.717, 1.165) is 65.8 Å². The Hall–Kier alpha value is -6.92. The first-order chi connectivity index (χ1) is 29.2. The summed E-state index contributed by atoms with van der Waals surface area (Å²) in [6.07, 6.45) is 0. The lowest BCUT2D eigenvalue weighted by molar-refractivity contribution is 0.724. The molecular weight excluding hydrogens is 755 g/mol. The van der Waals surface area contributed by atoms with Crippen LogP contribution in [0.5, 0.6) is 0 Å². The molecule has 0 amide bonds. The molecule has 13 rings (SSSR count). The highest BCUT2D eigenvalue weighted by atomic mass is 32.2. The van der Waals surface area contributed by atoms with Crippen molar-refractivity contribution in [3.05, 3.63) is 210 Å². The number of benzene rings is 8. The van der Waals surface area contributed by atoms with Crippen LogP contribution >= 0.6 is 23.1 Å². The van der Waals surface area contributed by atoms with E-state index in [0.29, 0.717) is 0 Å². The van der Waals surface area contributed by atoms with Crippen LogP contribution in [0.15, 0.2) is 198 Å². The first-order valence-corrected chi connectivity index (χ1v) is 21.6. The molecule has 3 nitrogen and oxygen atoms in total. The van der Waals surface area contributed by atoms with Crippen LogP contribution in [0.4, 0.5) is 0 Å². The molecule has 0 fully saturated rings. The van der Waals surface area contributed by atoms with E-state index in [9.17, 15) is 0 Å². The van der Waals surface area contributed by atoms with Gasteiger partial charge in [0.15, 0.2) is 5.82 Å². The number of hydrogen-bond donors (Lipinski definition) is 0. The summed E-state index contributed by atoms with van der Waals surface area (Å²) >= 11 is 3.64. The van der Waals surface area contributed by atoms with Crippen LogP contribution in [0.2, 0.25) is 0 Å². The van der Waals surface area contributed by atoms with E-state index in [1.54, 1.807) is 11.3 Å². The van der Waals surface area contributed by atoms with Crippen molar-refractivity contribution in [1.29, 1.82) is 0 Å². The maximum absolute atomic E-state index is 5.49. The van der Waals surface area contributed by atoms with Gasteiger partial charge >= 0.3 is 0 Å². The van der Waals surface area contributed by atoms with E-state index in [2.05, 4.69) is 170 Å². The molecule has 3 aromatic heterocycles. The second-order valence-electron chi connectivity index (χ2n) is 15.4. The zero-order chi connectivity index (χ0) is 38.7. The van der Waals surface area contributed by atoms with Crippen molar-refractivity contribution in [3.63, 3.8) is 0 Å². The average Bonchev–Trinajstić information content (AvgIpc) is 3.82. The molecule has 0 N–H and O–H groups in total. The van der Waals surface area contributed by atoms with Crippen LogP contribution in [-0.4, -0.2) is 15.0 Å². The smallest absolute Gasteiger partial charge is 0.160 e. The number of thiophene rings is 1. The zero-order valence-electron chi connectivity index (χ0n) is 31.6. The predicted octanol–water partition coefficient (Wildman–Crippen LogP) is 14.4. The maximum Gasteiger partial charge on any atom is 0.160 e. The molecule has 2 aliphatic rings. The fourth-order valence-corrected chi connectivity index (χ4v) is 12.2. The molecule has 0 saturated carbocycles. The Morgan fingerprint density at radius 3 is 1.85 bits per heavy atom. The summed E-state index contributed by atoms with van der Waals surface area (Å²) in [7, 11) is 0. The van der Waals surface area contributed by atoms with Gasteiger partial charge in [-0.15, -0.1) is 11.3 Å². The van der Waals surface area contributed by atoms with Crippen molar-refractivity contribution in [2.24, 2.45) is 0 Å². The van der Waals surface area contributed by atoms with Gasteiger partial charge in [0.25, 0.3) is 0 Å². The molecule has 1 spiro atoms. The highest BCUT2D eigenvalue weighted by Crippen LogP contribution is 2.62. The van der Waals surface area contributed by atoms with E-state index in [1.165, 1.54) is 53.3 Å². The lowest BCUT2D eigenvalue weighted by Crippen LogP contribution is -2.32. The van der Waals surface area contributed by atoms with Crippen molar-refractivity contribution in [2.75, 3.05) is 0 Å². The minimum absolute atomic E-state index is 0.456. The van der Waals surface area contributed by atoms with Crippen molar-refractivity contribution < 1.29 is 0 Å². The van der Waals surface area contributed by atoms with Gasteiger partial charge in [0.2, 0.25) is 0 Å². The number of aromatic nitrogens is 3. The summed E-state index contributed by atoms with van der Waals surface area (Å²) in [5, 5.41) is 4.65. The molecule has 0 atom stereocenters. The molecule has 5 heteroatoms. The number of fused-ring (bicyclic) bond motifs is 15. The normalized spacial score (nSPS) is 13.5. The van der Waals surface area contributed by atoms with E-state index >= 15 is 0 Å². The summed E-state index contributed by atoms with van der Waals surface area (Å²) in [6, 6.07) is 68.3. The standard InChI is InChI=1S/C54H31N3S2/c1-2-15-32(16-3-1)53-56-50(52-51(57-53)38-22-7-12-27-46(38)59-52)34-18-14-17-33(29-34)49-40-31-48-44(30-39(40)37-21-6-11-26-45(37)55-49)54(43-25-10-13-28-47(43)58-48)41-23-8-4-19-35(41)36-20-5-9-24-42(36)54/h1-31H. The number of rotatable bonds is 3. The van der Waals surface area contributed by atoms with Crippen molar-refractivity contribution in [3.8, 4) is 45.0 Å². The van der Waals surface area contributed by atoms with Gasteiger partial charge in [0.05, 0.1) is 32.5 Å². The molecule has 11 aromatic rings. The minimum Gasteiger partial charge on any atom is -0.247 e. The average molecular weight is 786 g/mol. The highest BCUT2D eigenvalue weighted by molar-refractivity contribution is 7.99. The van der Waals surface area contributed by atoms with Gasteiger partial charge in [-0.2, -0.15) is 0 Å². The van der Waals surface area contributed by atoms with Gasteiger partial charge in [0.1, 0.15) is 0 Å². The second-order valence-corrected chi connectivity index (χ2v) is 17.6. The highest BCUT2D eigenvalue weighted by Gasteiger charge is 2.50. The Labute approximate surface area is 348 Å². The molecule has 0 saturated heterocycles. The second kappa shape index (κ2) is 12.5. The van der Waals surface area contributed by atoms with Crippen LogP contribution in [0.3, 0.4) is 0 Å². The summed E-state index contributed by atoms with van der Waals surface area (Å²) in [5.41, 5.74) is 14.5. The van der Waals surface area contributed by atoms with Crippen molar-refractivity contribution in [2.45, 2.75) is 15.2 Å². The van der Waals surface area contributed by atoms with Crippen LogP contribution < -0.4 is 0 Å². The Kier molecular flexibility index (Phi) is 7.03. The molecule has 0 radical (unpaired) electrons. The first kappa shape index (κ1) is 33.1. The van der Waals surface area contributed by atoms with E-state index in [-0.39, 0.29) is 0 Å². The fourth-order valence-electron chi connectivity index (χ4n) is 9.84. The lowest BCUT2D eigenvalue weighted by Gasteiger charge is -2.40. The molecule has 4 heterocycles. The quantitative estimate of drug-likeness (QED) is 0.167. The number of para-hydroxylation sites is 1. The molecule has 0 unspecified atom stereocenters. The van der Waals surface area contributed by atoms with Crippen molar-refractivity contribution >= 4 is 65.1 Å². The Balaban J connectivity index is 1.08. The largest absolute Gasteiger partial charge is 0.247 e. The van der Waals surface area contributed by atoms with Gasteiger partial charge in [-0.25, -0.2) is 15.0 Å². The topological polar surface area (TPSA) is 38.7 Å². The Morgan fingerprint density at radius 2 is 1.03 bits per heavy atom. The number of hydrogen-bond acceptors (Lipinski definition) is 5. The third-order valence-corrected chi connectivity index (χ3v) is 14.6. The van der Waals surface area contributed by atoms with Crippen LogP contribution in [0, 0.1) is 0 Å². The molecule has 59 heavy (non-hydrogen) atoms. The van der Waals surface area contributed by atoms with E-state index in [4.69, 9.17) is 15.0 Å². The van der Waals surface area contributed by atoms with Gasteiger partial charge in [-0.1, -0.05) is 163 Å². The van der Waals surface area contributed by atoms with Gasteiger partial charge in [-0.3, -0.25) is 0 Å². The Morgan fingerprint density at radius 1 is 0.390 bits per heavy atom. The summed E-state index contributed by atoms with van der Waals surface area (Å²) in [6.45, 7) is 0. The molecule has 274 valence electrons. The van der Waals surface area contributed by atoms with Gasteiger partial charge < -0.3 is 0 Å². The summed E-state index contributed by atoms with van der Waals surface area (Å²) in [5.74, 6) is 0.726. The SMILES string of the molecule is c1ccc(-c2nc(-c3cccc(-c4nc5ccccc5c5cc6c(cc45)Sc4ccccc4C64c5ccccc5-c5ccccc54)c3)c3sc4ccccc4c3n2)cc1. The van der Waals surface area contributed by atoms with Crippen LogP contribution in [-0.2, 0) is 5.41 Å². The van der Waals surface area contributed by atoms with Crippen LogP contribution in [0.1, 0.15) is 22.3 Å². The maximum atomic E-state index is 5.49. The minimum atomic E-state index is -0.456. The number of pyridine rings is 1. The lowest BCUT2D eigenvalue weighted by atomic mass is 9.67. The molecule has 1 aliphatic heterocycles. The number of nitrogens with zero attached hydrogens (tertiary/aromatic N) is 3. The zero-order valence-corrected chi connectivity index (χ0v) is 33.2. The summed E-state index contributed by atoms with van der Waals surface area (Å²) < 4.78 is 2.29. The molecule has 0 bridgehead atoms.